The van der Waals surface area contributed by atoms with Gasteiger partial charge in [0, 0.05) is 37.3 Å². The predicted octanol–water partition coefficient (Wildman–Crippen LogP) is 2.70. The summed E-state index contributed by atoms with van der Waals surface area (Å²) in [6.45, 7) is 4.00. The Balaban J connectivity index is 2.10. The lowest BCUT2D eigenvalue weighted by Crippen LogP contribution is -2.45. The van der Waals surface area contributed by atoms with E-state index in [1.165, 1.54) is 11.1 Å². The zero-order valence-corrected chi connectivity index (χ0v) is 13.8. The topological polar surface area (TPSA) is 33.7 Å². The van der Waals surface area contributed by atoms with Crippen LogP contribution in [0.1, 0.15) is 17.2 Å². The highest BCUT2D eigenvalue weighted by molar-refractivity contribution is 5.46. The smallest absolute Gasteiger partial charge is 0.123 e. The van der Waals surface area contributed by atoms with Gasteiger partial charge in [0.15, 0.2) is 0 Å². The van der Waals surface area contributed by atoms with Gasteiger partial charge in [-0.05, 0) is 12.1 Å². The number of methoxy groups -OCH3 is 2. The van der Waals surface area contributed by atoms with Crippen LogP contribution in [0.5, 0.6) is 11.5 Å². The highest BCUT2D eigenvalue weighted by Crippen LogP contribution is 2.38. The summed E-state index contributed by atoms with van der Waals surface area (Å²) in [5.74, 6) is 1.84. The Bertz CT molecular complexity index is 591. The number of piperazine rings is 1. The molecule has 1 fully saturated rings. The zero-order chi connectivity index (χ0) is 16.1. The van der Waals surface area contributed by atoms with Crippen molar-refractivity contribution < 1.29 is 9.47 Å². The minimum Gasteiger partial charge on any atom is -0.496 e. The summed E-state index contributed by atoms with van der Waals surface area (Å²) in [6, 6.07) is 16.7. The van der Waals surface area contributed by atoms with Crippen LogP contribution in [-0.2, 0) is 0 Å². The fraction of sp³-hybridized carbons (Fsp3) is 0.368. The molecule has 2 aromatic carbocycles. The van der Waals surface area contributed by atoms with E-state index < -0.39 is 0 Å². The Morgan fingerprint density at radius 1 is 0.826 bits per heavy atom. The van der Waals surface area contributed by atoms with Crippen LogP contribution in [0, 0.1) is 0 Å². The lowest BCUT2D eigenvalue weighted by molar-refractivity contribution is 0.192. The van der Waals surface area contributed by atoms with Crippen LogP contribution in [0.15, 0.2) is 48.5 Å². The van der Waals surface area contributed by atoms with Crippen LogP contribution in [0.4, 0.5) is 0 Å². The van der Waals surface area contributed by atoms with Crippen LogP contribution in [-0.4, -0.2) is 45.3 Å². The third-order valence-electron chi connectivity index (χ3n) is 4.38. The molecule has 0 saturated carbocycles. The number of para-hydroxylation sites is 2. The van der Waals surface area contributed by atoms with Gasteiger partial charge in [0.25, 0.3) is 0 Å². The largest absolute Gasteiger partial charge is 0.496 e. The lowest BCUT2D eigenvalue weighted by atomic mass is 9.94. The maximum Gasteiger partial charge on any atom is 0.123 e. The number of ether oxygens (including phenoxy) is 2. The molecule has 3 rings (SSSR count). The van der Waals surface area contributed by atoms with Crippen LogP contribution in [0.25, 0.3) is 0 Å². The van der Waals surface area contributed by atoms with Crippen LogP contribution < -0.4 is 14.8 Å². The molecule has 0 atom stereocenters. The van der Waals surface area contributed by atoms with E-state index in [1.54, 1.807) is 14.2 Å². The van der Waals surface area contributed by atoms with Crippen LogP contribution >= 0.6 is 0 Å². The van der Waals surface area contributed by atoms with Gasteiger partial charge in [-0.15, -0.1) is 0 Å². The van der Waals surface area contributed by atoms with Crippen molar-refractivity contribution in [2.24, 2.45) is 0 Å². The molecule has 1 aliphatic rings. The Morgan fingerprint density at radius 3 is 1.78 bits per heavy atom. The summed E-state index contributed by atoms with van der Waals surface area (Å²) < 4.78 is 11.3. The molecule has 2 aromatic rings. The van der Waals surface area contributed by atoms with Crippen molar-refractivity contribution in [3.05, 3.63) is 59.7 Å². The minimum atomic E-state index is 0.129. The van der Waals surface area contributed by atoms with E-state index >= 15 is 0 Å². The van der Waals surface area contributed by atoms with Gasteiger partial charge in [0.05, 0.1) is 20.3 Å². The van der Waals surface area contributed by atoms with Gasteiger partial charge in [0.1, 0.15) is 11.5 Å². The first kappa shape index (κ1) is 15.8. The molecule has 0 aliphatic carbocycles. The molecule has 0 bridgehead atoms. The van der Waals surface area contributed by atoms with Crippen molar-refractivity contribution in [3.8, 4) is 11.5 Å². The van der Waals surface area contributed by atoms with E-state index in [9.17, 15) is 0 Å². The zero-order valence-electron chi connectivity index (χ0n) is 13.8. The van der Waals surface area contributed by atoms with Gasteiger partial charge in [-0.2, -0.15) is 0 Å². The van der Waals surface area contributed by atoms with Crippen LogP contribution in [0.2, 0.25) is 0 Å². The molecule has 0 spiro atoms. The SMILES string of the molecule is COc1ccccc1C(c1ccccc1OC)N1CCNCC1. The first-order chi connectivity index (χ1) is 11.3. The van der Waals surface area contributed by atoms with Crippen molar-refractivity contribution in [3.63, 3.8) is 0 Å². The Hall–Kier alpha value is -2.04. The van der Waals surface area contributed by atoms with Gasteiger partial charge in [-0.3, -0.25) is 4.90 Å². The molecule has 0 amide bonds. The van der Waals surface area contributed by atoms with E-state index in [1.807, 2.05) is 24.3 Å². The molecule has 1 heterocycles. The number of benzene rings is 2. The second kappa shape index (κ2) is 7.49. The Labute approximate surface area is 138 Å². The predicted molar refractivity (Wildman–Crippen MR) is 92.3 cm³/mol. The number of hydrogen-bond donors (Lipinski definition) is 1. The van der Waals surface area contributed by atoms with Crippen molar-refractivity contribution in [1.82, 2.24) is 10.2 Å². The second-order valence-corrected chi connectivity index (χ2v) is 5.67. The minimum absolute atomic E-state index is 0.129. The number of hydrogen-bond acceptors (Lipinski definition) is 4. The van der Waals surface area contributed by atoms with Crippen LogP contribution in [0.3, 0.4) is 0 Å². The van der Waals surface area contributed by atoms with Gasteiger partial charge in [-0.25, -0.2) is 0 Å². The Kier molecular flexibility index (Phi) is 5.16. The first-order valence-electron chi connectivity index (χ1n) is 8.05. The normalized spacial score (nSPS) is 15.6. The maximum atomic E-state index is 5.63. The van der Waals surface area contributed by atoms with Crippen molar-refractivity contribution >= 4 is 0 Å². The fourth-order valence-corrected chi connectivity index (χ4v) is 3.29. The summed E-state index contributed by atoms with van der Waals surface area (Å²) >= 11 is 0. The van der Waals surface area contributed by atoms with E-state index in [0.29, 0.717) is 0 Å². The molecule has 0 unspecified atom stereocenters. The van der Waals surface area contributed by atoms with E-state index in [2.05, 4.69) is 34.5 Å². The third-order valence-corrected chi connectivity index (χ3v) is 4.38. The average molecular weight is 312 g/mol. The number of rotatable bonds is 5. The fourth-order valence-electron chi connectivity index (χ4n) is 3.29. The molecule has 4 heteroatoms. The summed E-state index contributed by atoms with van der Waals surface area (Å²) in [6.07, 6.45) is 0. The summed E-state index contributed by atoms with van der Waals surface area (Å²) in [4.78, 5) is 2.49. The molecule has 1 aliphatic heterocycles. The summed E-state index contributed by atoms with van der Waals surface area (Å²) in [5.41, 5.74) is 2.36. The number of nitrogens with one attached hydrogen (secondary N) is 1. The van der Waals surface area contributed by atoms with Crippen molar-refractivity contribution in [1.29, 1.82) is 0 Å². The van der Waals surface area contributed by atoms with E-state index in [0.717, 1.165) is 37.7 Å². The molecular weight excluding hydrogens is 288 g/mol. The maximum absolute atomic E-state index is 5.63. The molecule has 1 saturated heterocycles. The molecule has 0 aromatic heterocycles. The van der Waals surface area contributed by atoms with Gasteiger partial charge < -0.3 is 14.8 Å². The van der Waals surface area contributed by atoms with Gasteiger partial charge in [-0.1, -0.05) is 36.4 Å². The van der Waals surface area contributed by atoms with E-state index in [4.69, 9.17) is 9.47 Å². The average Bonchev–Trinajstić information content (AvgIpc) is 2.64. The summed E-state index contributed by atoms with van der Waals surface area (Å²) in [5, 5.41) is 3.43. The molecule has 4 nitrogen and oxygen atoms in total. The monoisotopic (exact) mass is 312 g/mol. The molecule has 1 N–H and O–H groups in total. The highest BCUT2D eigenvalue weighted by Gasteiger charge is 2.28. The van der Waals surface area contributed by atoms with E-state index in [-0.39, 0.29) is 6.04 Å². The molecule has 122 valence electrons. The Morgan fingerprint density at radius 2 is 1.30 bits per heavy atom. The van der Waals surface area contributed by atoms with Gasteiger partial charge in [0.2, 0.25) is 0 Å². The summed E-state index contributed by atoms with van der Waals surface area (Å²) in [7, 11) is 3.46. The second-order valence-electron chi connectivity index (χ2n) is 5.67. The third kappa shape index (κ3) is 3.33. The lowest BCUT2D eigenvalue weighted by Gasteiger charge is -2.36. The molecule has 0 radical (unpaired) electrons. The first-order valence-corrected chi connectivity index (χ1v) is 8.05. The number of nitrogens with zero attached hydrogens (tertiary/aromatic N) is 1. The molecule has 23 heavy (non-hydrogen) atoms. The van der Waals surface area contributed by atoms with Crippen molar-refractivity contribution in [2.75, 3.05) is 40.4 Å². The van der Waals surface area contributed by atoms with Gasteiger partial charge >= 0.3 is 0 Å². The quantitative estimate of drug-likeness (QED) is 0.920. The van der Waals surface area contributed by atoms with Crippen molar-refractivity contribution in [2.45, 2.75) is 6.04 Å². The standard InChI is InChI=1S/C19H24N2O2/c1-22-17-9-5-3-7-15(17)19(21-13-11-20-12-14-21)16-8-4-6-10-18(16)23-2/h3-10,19-20H,11-14H2,1-2H3. The highest BCUT2D eigenvalue weighted by atomic mass is 16.5. The molecular formula is C19H24N2O2.